The molecule has 0 saturated heterocycles. The van der Waals surface area contributed by atoms with Gasteiger partial charge in [-0.2, -0.15) is 14.0 Å². The zero-order chi connectivity index (χ0) is 15.5. The second-order valence-electron chi connectivity index (χ2n) is 3.66. The van der Waals surface area contributed by atoms with E-state index in [-0.39, 0.29) is 21.1 Å². The second kappa shape index (κ2) is 5.96. The Labute approximate surface area is 115 Å². The SMILES string of the molecule is CNC(=O)c1sc(NCC(F)(F)C(F)F)c(C#N)c1N. The summed E-state index contributed by atoms with van der Waals surface area (Å²) in [5.41, 5.74) is 5.14. The van der Waals surface area contributed by atoms with Crippen LogP contribution in [0.5, 0.6) is 0 Å². The summed E-state index contributed by atoms with van der Waals surface area (Å²) in [6.07, 6.45) is -3.84. The van der Waals surface area contributed by atoms with Gasteiger partial charge in [0.15, 0.2) is 0 Å². The van der Waals surface area contributed by atoms with Gasteiger partial charge >= 0.3 is 12.3 Å². The van der Waals surface area contributed by atoms with E-state index in [1.165, 1.54) is 7.05 Å². The number of carbonyl (C=O) groups is 1. The molecule has 1 amide bonds. The van der Waals surface area contributed by atoms with Crippen LogP contribution in [0.2, 0.25) is 0 Å². The number of nitrogens with zero attached hydrogens (tertiary/aromatic N) is 1. The first-order valence-electron chi connectivity index (χ1n) is 5.18. The third-order valence-electron chi connectivity index (χ3n) is 2.29. The summed E-state index contributed by atoms with van der Waals surface area (Å²) in [6, 6.07) is 1.64. The highest BCUT2D eigenvalue weighted by molar-refractivity contribution is 7.18. The van der Waals surface area contributed by atoms with Crippen molar-refractivity contribution in [3.8, 4) is 6.07 Å². The lowest BCUT2D eigenvalue weighted by molar-refractivity contribution is -0.117. The normalized spacial score (nSPS) is 11.2. The van der Waals surface area contributed by atoms with Gasteiger partial charge in [0.1, 0.15) is 21.5 Å². The van der Waals surface area contributed by atoms with Crippen molar-refractivity contribution in [3.63, 3.8) is 0 Å². The van der Waals surface area contributed by atoms with Crippen LogP contribution in [0.3, 0.4) is 0 Å². The molecule has 20 heavy (non-hydrogen) atoms. The molecule has 1 heterocycles. The minimum absolute atomic E-state index is 0.0492. The van der Waals surface area contributed by atoms with E-state index < -0.39 is 24.8 Å². The van der Waals surface area contributed by atoms with Crippen molar-refractivity contribution in [3.05, 3.63) is 10.4 Å². The Morgan fingerprint density at radius 2 is 2.15 bits per heavy atom. The molecule has 110 valence electrons. The number of nitrogens with one attached hydrogen (secondary N) is 2. The lowest BCUT2D eigenvalue weighted by atomic mass is 10.2. The van der Waals surface area contributed by atoms with Gasteiger partial charge < -0.3 is 16.4 Å². The number of anilines is 2. The first kappa shape index (κ1) is 16.0. The van der Waals surface area contributed by atoms with Gasteiger partial charge in [-0.15, -0.1) is 11.3 Å². The highest BCUT2D eigenvalue weighted by atomic mass is 32.1. The minimum atomic E-state index is -4.25. The van der Waals surface area contributed by atoms with Crippen molar-refractivity contribution < 1.29 is 22.4 Å². The molecule has 1 aromatic heterocycles. The highest BCUT2D eigenvalue weighted by Gasteiger charge is 2.40. The number of nitrogens with two attached hydrogens (primary N) is 1. The number of hydrogen-bond donors (Lipinski definition) is 3. The molecular formula is C10H10F4N4OS. The topological polar surface area (TPSA) is 90.9 Å². The predicted molar refractivity (Wildman–Crippen MR) is 66.3 cm³/mol. The monoisotopic (exact) mass is 310 g/mol. The second-order valence-corrected chi connectivity index (χ2v) is 4.68. The molecule has 0 atom stereocenters. The number of halogens is 4. The van der Waals surface area contributed by atoms with Crippen molar-refractivity contribution in [2.24, 2.45) is 0 Å². The number of nitriles is 1. The van der Waals surface area contributed by atoms with Crippen LogP contribution in [0, 0.1) is 11.3 Å². The van der Waals surface area contributed by atoms with E-state index >= 15 is 0 Å². The molecular weight excluding hydrogens is 300 g/mol. The first-order valence-corrected chi connectivity index (χ1v) is 6.00. The fourth-order valence-corrected chi connectivity index (χ4v) is 2.25. The quantitative estimate of drug-likeness (QED) is 0.724. The fraction of sp³-hybridized carbons (Fsp3) is 0.400. The fourth-order valence-electron chi connectivity index (χ4n) is 1.24. The van der Waals surface area contributed by atoms with Crippen LogP contribution in [0.25, 0.3) is 0 Å². The van der Waals surface area contributed by atoms with Gasteiger partial charge in [0, 0.05) is 7.05 Å². The van der Waals surface area contributed by atoms with Crippen molar-refractivity contribution in [1.82, 2.24) is 5.32 Å². The van der Waals surface area contributed by atoms with E-state index in [0.29, 0.717) is 11.3 Å². The van der Waals surface area contributed by atoms with Gasteiger partial charge in [0.25, 0.3) is 5.91 Å². The molecule has 0 bridgehead atoms. The number of alkyl halides is 4. The Morgan fingerprint density at radius 3 is 2.60 bits per heavy atom. The molecule has 0 fully saturated rings. The molecule has 10 heteroatoms. The molecule has 1 aromatic rings. The van der Waals surface area contributed by atoms with Crippen LogP contribution in [-0.2, 0) is 0 Å². The summed E-state index contributed by atoms with van der Waals surface area (Å²) in [7, 11) is 1.32. The van der Waals surface area contributed by atoms with Crippen LogP contribution in [0.1, 0.15) is 15.2 Å². The maximum atomic E-state index is 12.8. The lowest BCUT2D eigenvalue weighted by Crippen LogP contribution is -2.34. The molecule has 0 aliphatic rings. The van der Waals surface area contributed by atoms with E-state index in [1.54, 1.807) is 6.07 Å². The highest BCUT2D eigenvalue weighted by Crippen LogP contribution is 2.36. The number of thiophene rings is 1. The summed E-state index contributed by atoms with van der Waals surface area (Å²) in [5, 5.41) is 13.0. The van der Waals surface area contributed by atoms with E-state index in [2.05, 4.69) is 5.32 Å². The van der Waals surface area contributed by atoms with Crippen molar-refractivity contribution in [2.45, 2.75) is 12.3 Å². The van der Waals surface area contributed by atoms with Crippen molar-refractivity contribution in [1.29, 1.82) is 5.26 Å². The molecule has 0 aromatic carbocycles. The Balaban J connectivity index is 3.03. The largest absolute Gasteiger partial charge is 0.396 e. The maximum Gasteiger partial charge on any atom is 0.324 e. The zero-order valence-corrected chi connectivity index (χ0v) is 11.0. The summed E-state index contributed by atoms with van der Waals surface area (Å²) in [6.45, 7) is -1.37. The Hall–Kier alpha value is -2.02. The van der Waals surface area contributed by atoms with E-state index in [0.717, 1.165) is 0 Å². The molecule has 0 aliphatic heterocycles. The Bertz CT molecular complexity index is 552. The summed E-state index contributed by atoms with van der Waals surface area (Å²) in [4.78, 5) is 11.4. The van der Waals surface area contributed by atoms with Gasteiger partial charge in [-0.05, 0) is 0 Å². The molecule has 5 nitrogen and oxygen atoms in total. The smallest absolute Gasteiger partial charge is 0.324 e. The summed E-state index contributed by atoms with van der Waals surface area (Å²) >= 11 is 0.647. The van der Waals surface area contributed by atoms with Gasteiger partial charge in [0.2, 0.25) is 0 Å². The zero-order valence-electron chi connectivity index (χ0n) is 10.1. The van der Waals surface area contributed by atoms with Gasteiger partial charge in [-0.1, -0.05) is 0 Å². The molecule has 0 radical (unpaired) electrons. The maximum absolute atomic E-state index is 12.8. The van der Waals surface area contributed by atoms with Crippen LogP contribution < -0.4 is 16.4 Å². The number of amides is 1. The molecule has 1 rings (SSSR count). The van der Waals surface area contributed by atoms with Gasteiger partial charge in [0.05, 0.1) is 12.2 Å². The molecule has 0 aliphatic carbocycles. The van der Waals surface area contributed by atoms with Crippen LogP contribution >= 0.6 is 11.3 Å². The van der Waals surface area contributed by atoms with Crippen molar-refractivity contribution >= 4 is 27.9 Å². The Morgan fingerprint density at radius 1 is 1.55 bits per heavy atom. The number of hydrogen-bond acceptors (Lipinski definition) is 5. The standard InChI is InChI=1S/C10H10F4N4OS/c1-17-7(19)6-5(16)4(2-15)8(20-6)18-3-10(13,14)9(11)12/h9,18H,3,16H2,1H3,(H,17,19). The van der Waals surface area contributed by atoms with E-state index in [9.17, 15) is 22.4 Å². The average molecular weight is 310 g/mol. The molecule has 0 unspecified atom stereocenters. The van der Waals surface area contributed by atoms with Gasteiger partial charge in [-0.3, -0.25) is 4.79 Å². The van der Waals surface area contributed by atoms with Gasteiger partial charge in [-0.25, -0.2) is 8.78 Å². The lowest BCUT2D eigenvalue weighted by Gasteiger charge is -2.15. The summed E-state index contributed by atoms with van der Waals surface area (Å²) < 4.78 is 49.6. The molecule has 0 spiro atoms. The first-order chi connectivity index (χ1) is 9.24. The molecule has 4 N–H and O–H groups in total. The number of carbonyl (C=O) groups excluding carboxylic acids is 1. The number of nitrogen functional groups attached to an aromatic ring is 1. The van der Waals surface area contributed by atoms with Crippen LogP contribution in [0.4, 0.5) is 28.3 Å². The van der Waals surface area contributed by atoms with E-state index in [1.807, 2.05) is 5.32 Å². The summed E-state index contributed by atoms with van der Waals surface area (Å²) in [5.74, 6) is -4.85. The Kier molecular flexibility index (Phi) is 4.78. The predicted octanol–water partition coefficient (Wildman–Crippen LogP) is 1.87. The van der Waals surface area contributed by atoms with Crippen LogP contribution in [-0.4, -0.2) is 31.8 Å². The average Bonchev–Trinajstić information content (AvgIpc) is 2.71. The van der Waals surface area contributed by atoms with Crippen molar-refractivity contribution in [2.75, 3.05) is 24.6 Å². The minimum Gasteiger partial charge on any atom is -0.396 e. The number of rotatable bonds is 5. The van der Waals surface area contributed by atoms with Crippen LogP contribution in [0.15, 0.2) is 0 Å². The van der Waals surface area contributed by atoms with E-state index in [4.69, 9.17) is 11.0 Å². The third kappa shape index (κ3) is 3.11. The molecule has 0 saturated carbocycles. The third-order valence-corrected chi connectivity index (χ3v) is 3.46.